The van der Waals surface area contributed by atoms with Gasteiger partial charge in [-0.2, -0.15) is 11.8 Å². The Morgan fingerprint density at radius 2 is 2.10 bits per heavy atom. The van der Waals surface area contributed by atoms with E-state index in [9.17, 15) is 13.2 Å². The molecule has 6 nitrogen and oxygen atoms in total. The maximum atomic E-state index is 11.7. The highest BCUT2D eigenvalue weighted by Gasteiger charge is 2.25. The van der Waals surface area contributed by atoms with Crippen LogP contribution in [0.3, 0.4) is 0 Å². The Kier molecular flexibility index (Phi) is 5.13. The van der Waals surface area contributed by atoms with Gasteiger partial charge in [-0.15, -0.1) is 0 Å². The lowest BCUT2D eigenvalue weighted by atomic mass is 10.1. The summed E-state index contributed by atoms with van der Waals surface area (Å²) in [4.78, 5) is 13.2. The van der Waals surface area contributed by atoms with Gasteiger partial charge in [0, 0.05) is 29.8 Å². The summed E-state index contributed by atoms with van der Waals surface area (Å²) in [6.07, 6.45) is 0.0869. The van der Waals surface area contributed by atoms with Crippen LogP contribution in [-0.2, 0) is 14.8 Å². The summed E-state index contributed by atoms with van der Waals surface area (Å²) < 4.78 is 25.7. The molecule has 1 fully saturated rings. The third kappa shape index (κ3) is 3.90. The lowest BCUT2D eigenvalue weighted by Crippen LogP contribution is -2.43. The molecule has 1 aromatic rings. The number of anilines is 1. The molecule has 0 amide bonds. The summed E-state index contributed by atoms with van der Waals surface area (Å²) in [5.41, 5.74) is 0.858. The first-order valence-electron chi connectivity index (χ1n) is 6.54. The fourth-order valence-corrected chi connectivity index (χ4v) is 4.09. The summed E-state index contributed by atoms with van der Waals surface area (Å²) >= 11 is 1.74. The van der Waals surface area contributed by atoms with Gasteiger partial charge in [-0.1, -0.05) is 0 Å². The minimum atomic E-state index is -3.44. The third-order valence-corrected chi connectivity index (χ3v) is 5.91. The van der Waals surface area contributed by atoms with Gasteiger partial charge in [0.2, 0.25) is 10.0 Å². The van der Waals surface area contributed by atoms with Crippen LogP contribution in [-0.4, -0.2) is 50.6 Å². The number of aliphatic carboxylic acids is 1. The number of thioether (sulfide) groups is 1. The maximum absolute atomic E-state index is 11.7. The van der Waals surface area contributed by atoms with Crippen molar-refractivity contribution in [3.05, 3.63) is 24.3 Å². The topological polar surface area (TPSA) is 86.7 Å². The van der Waals surface area contributed by atoms with Crippen LogP contribution in [0.2, 0.25) is 0 Å². The molecule has 1 heterocycles. The second-order valence-corrected chi connectivity index (χ2v) is 7.76. The lowest BCUT2D eigenvalue weighted by molar-refractivity contribution is -0.137. The number of sulfonamides is 1. The molecule has 0 radical (unpaired) electrons. The SMILES string of the molecule is CNS(=O)(=O)c1ccc(N2CCSCC2CC(=O)O)cc1. The van der Waals surface area contributed by atoms with Gasteiger partial charge in [0.05, 0.1) is 11.3 Å². The molecule has 0 spiro atoms. The smallest absolute Gasteiger partial charge is 0.305 e. The predicted octanol–water partition coefficient (Wildman–Crippen LogP) is 0.991. The number of benzene rings is 1. The van der Waals surface area contributed by atoms with Crippen molar-refractivity contribution in [3.63, 3.8) is 0 Å². The highest BCUT2D eigenvalue weighted by molar-refractivity contribution is 7.99. The molecular formula is C13H18N2O4S2. The molecule has 0 saturated carbocycles. The Balaban J connectivity index is 2.21. The summed E-state index contributed by atoms with van der Waals surface area (Å²) in [5, 5.41) is 8.99. The Bertz CT molecular complexity index is 601. The summed E-state index contributed by atoms with van der Waals surface area (Å²) in [7, 11) is -2.08. The van der Waals surface area contributed by atoms with Gasteiger partial charge < -0.3 is 10.0 Å². The number of carboxylic acid groups (broad SMARTS) is 1. The van der Waals surface area contributed by atoms with E-state index in [4.69, 9.17) is 5.11 Å². The molecule has 1 aliphatic rings. The Labute approximate surface area is 128 Å². The molecule has 1 unspecified atom stereocenters. The maximum Gasteiger partial charge on any atom is 0.305 e. The largest absolute Gasteiger partial charge is 0.481 e. The molecule has 21 heavy (non-hydrogen) atoms. The number of nitrogens with zero attached hydrogens (tertiary/aromatic N) is 1. The van der Waals surface area contributed by atoms with Crippen LogP contribution in [0.5, 0.6) is 0 Å². The summed E-state index contributed by atoms with van der Waals surface area (Å²) in [5.74, 6) is 0.886. The van der Waals surface area contributed by atoms with E-state index >= 15 is 0 Å². The fourth-order valence-electron chi connectivity index (χ4n) is 2.30. The molecule has 1 saturated heterocycles. The van der Waals surface area contributed by atoms with Crippen molar-refractivity contribution in [1.82, 2.24) is 4.72 Å². The lowest BCUT2D eigenvalue weighted by Gasteiger charge is -2.36. The molecule has 1 atom stereocenters. The second kappa shape index (κ2) is 6.67. The summed E-state index contributed by atoms with van der Waals surface area (Å²) in [6.45, 7) is 0.765. The number of carboxylic acids is 1. The molecule has 2 N–H and O–H groups in total. The van der Waals surface area contributed by atoms with Crippen molar-refractivity contribution >= 4 is 33.4 Å². The van der Waals surface area contributed by atoms with Gasteiger partial charge >= 0.3 is 5.97 Å². The predicted molar refractivity (Wildman–Crippen MR) is 83.4 cm³/mol. The molecule has 1 aromatic carbocycles. The highest BCUT2D eigenvalue weighted by atomic mass is 32.2. The molecule has 8 heteroatoms. The van der Waals surface area contributed by atoms with Crippen molar-refractivity contribution in [2.75, 3.05) is 30.0 Å². The first kappa shape index (κ1) is 16.1. The van der Waals surface area contributed by atoms with Crippen LogP contribution in [0.25, 0.3) is 0 Å². The van der Waals surface area contributed by atoms with Crippen molar-refractivity contribution in [3.8, 4) is 0 Å². The third-order valence-electron chi connectivity index (χ3n) is 3.39. The van der Waals surface area contributed by atoms with Crippen LogP contribution in [0.1, 0.15) is 6.42 Å². The zero-order valence-corrected chi connectivity index (χ0v) is 13.3. The van der Waals surface area contributed by atoms with E-state index in [-0.39, 0.29) is 17.4 Å². The first-order valence-corrected chi connectivity index (χ1v) is 9.17. The van der Waals surface area contributed by atoms with E-state index in [0.29, 0.717) is 0 Å². The minimum Gasteiger partial charge on any atom is -0.481 e. The van der Waals surface area contributed by atoms with Crippen LogP contribution >= 0.6 is 11.8 Å². The Hall–Kier alpha value is -1.25. The zero-order chi connectivity index (χ0) is 15.5. The molecule has 0 aliphatic carbocycles. The van der Waals surface area contributed by atoms with E-state index in [1.165, 1.54) is 7.05 Å². The number of carbonyl (C=O) groups is 1. The molecule has 116 valence electrons. The average molecular weight is 330 g/mol. The molecule has 1 aliphatic heterocycles. The minimum absolute atomic E-state index is 0.0620. The normalized spacial score (nSPS) is 19.5. The van der Waals surface area contributed by atoms with Crippen molar-refractivity contribution < 1.29 is 18.3 Å². The molecule has 0 aromatic heterocycles. The summed E-state index contributed by atoms with van der Waals surface area (Å²) in [6, 6.07) is 6.49. The van der Waals surface area contributed by atoms with E-state index in [1.807, 2.05) is 4.90 Å². The van der Waals surface area contributed by atoms with Crippen molar-refractivity contribution in [2.45, 2.75) is 17.4 Å². The van der Waals surface area contributed by atoms with Gasteiger partial charge in [0.25, 0.3) is 0 Å². The number of hydrogen-bond donors (Lipinski definition) is 2. The van der Waals surface area contributed by atoms with E-state index in [2.05, 4.69) is 4.72 Å². The van der Waals surface area contributed by atoms with Gasteiger partial charge in [-0.3, -0.25) is 4.79 Å². The van der Waals surface area contributed by atoms with Crippen molar-refractivity contribution in [2.24, 2.45) is 0 Å². The van der Waals surface area contributed by atoms with Gasteiger partial charge in [-0.25, -0.2) is 13.1 Å². The monoisotopic (exact) mass is 330 g/mol. The van der Waals surface area contributed by atoms with Gasteiger partial charge in [-0.05, 0) is 31.3 Å². The Morgan fingerprint density at radius 3 is 2.67 bits per heavy atom. The van der Waals surface area contributed by atoms with Crippen molar-refractivity contribution in [1.29, 1.82) is 0 Å². The standard InChI is InChI=1S/C13H18N2O4S2/c1-14-21(18,19)12-4-2-10(3-5-12)15-6-7-20-9-11(15)8-13(16)17/h2-5,11,14H,6-9H2,1H3,(H,16,17). The highest BCUT2D eigenvalue weighted by Crippen LogP contribution is 2.26. The van der Waals surface area contributed by atoms with E-state index in [1.54, 1.807) is 36.0 Å². The zero-order valence-electron chi connectivity index (χ0n) is 11.7. The molecular weight excluding hydrogens is 312 g/mol. The second-order valence-electron chi connectivity index (χ2n) is 4.72. The quantitative estimate of drug-likeness (QED) is 0.837. The number of hydrogen-bond acceptors (Lipinski definition) is 5. The van der Waals surface area contributed by atoms with Crippen LogP contribution < -0.4 is 9.62 Å². The van der Waals surface area contributed by atoms with Crippen LogP contribution in [0, 0.1) is 0 Å². The van der Waals surface area contributed by atoms with E-state index in [0.717, 1.165) is 23.7 Å². The molecule has 2 rings (SSSR count). The first-order chi connectivity index (χ1) is 9.94. The van der Waals surface area contributed by atoms with Gasteiger partial charge in [0.15, 0.2) is 0 Å². The van der Waals surface area contributed by atoms with Crippen LogP contribution in [0.15, 0.2) is 29.2 Å². The molecule has 0 bridgehead atoms. The van der Waals surface area contributed by atoms with Gasteiger partial charge in [0.1, 0.15) is 0 Å². The fraction of sp³-hybridized carbons (Fsp3) is 0.462. The number of nitrogens with one attached hydrogen (secondary N) is 1. The Morgan fingerprint density at radius 1 is 1.43 bits per heavy atom. The number of rotatable bonds is 5. The van der Waals surface area contributed by atoms with Crippen LogP contribution in [0.4, 0.5) is 5.69 Å². The average Bonchev–Trinajstić information content (AvgIpc) is 2.47. The van der Waals surface area contributed by atoms with E-state index < -0.39 is 16.0 Å².